The number of hydrogen-bond donors (Lipinski definition) is 0. The summed E-state index contributed by atoms with van der Waals surface area (Å²) in [6.45, 7) is 0. The SMILES string of the molecule is N#Cc1ncc(Cl)c(CCl)c1C(F)F. The Hall–Kier alpha value is -0.920. The molecule has 14 heavy (non-hydrogen) atoms. The first-order valence-electron chi connectivity index (χ1n) is 3.53. The zero-order valence-corrected chi connectivity index (χ0v) is 8.28. The van der Waals surface area contributed by atoms with Gasteiger partial charge in [-0.1, -0.05) is 11.6 Å². The summed E-state index contributed by atoms with van der Waals surface area (Å²) in [5.74, 6) is -0.171. The van der Waals surface area contributed by atoms with E-state index in [1.165, 1.54) is 0 Å². The standard InChI is InChI=1S/C8H4Cl2F2N2/c9-1-4-5(10)3-14-6(2-13)7(4)8(11)12/h3,8H,1H2. The zero-order valence-electron chi connectivity index (χ0n) is 6.77. The van der Waals surface area contributed by atoms with Crippen LogP contribution in [0.3, 0.4) is 0 Å². The van der Waals surface area contributed by atoms with E-state index in [2.05, 4.69) is 4.98 Å². The van der Waals surface area contributed by atoms with Crippen LogP contribution in [0.15, 0.2) is 6.20 Å². The molecule has 0 saturated heterocycles. The lowest BCUT2D eigenvalue weighted by Crippen LogP contribution is -2.00. The van der Waals surface area contributed by atoms with Crippen molar-refractivity contribution in [3.05, 3.63) is 28.0 Å². The van der Waals surface area contributed by atoms with Crippen LogP contribution in [-0.4, -0.2) is 4.98 Å². The summed E-state index contributed by atoms with van der Waals surface area (Å²) in [6.07, 6.45) is -1.66. The van der Waals surface area contributed by atoms with Gasteiger partial charge in [-0.25, -0.2) is 13.8 Å². The van der Waals surface area contributed by atoms with Crippen molar-refractivity contribution in [2.45, 2.75) is 12.3 Å². The Morgan fingerprint density at radius 3 is 2.64 bits per heavy atom. The lowest BCUT2D eigenvalue weighted by molar-refractivity contribution is 0.149. The molecule has 1 aromatic rings. The first-order valence-corrected chi connectivity index (χ1v) is 4.44. The number of halogens is 4. The van der Waals surface area contributed by atoms with Gasteiger partial charge in [-0.3, -0.25) is 0 Å². The molecule has 0 spiro atoms. The zero-order chi connectivity index (χ0) is 10.7. The Bertz CT molecular complexity index is 388. The predicted octanol–water partition coefficient (Wildman–Crippen LogP) is 3.28. The predicted molar refractivity (Wildman–Crippen MR) is 48.5 cm³/mol. The minimum Gasteiger partial charge on any atom is -0.243 e. The van der Waals surface area contributed by atoms with Crippen molar-refractivity contribution >= 4 is 23.2 Å². The first kappa shape index (κ1) is 11.2. The Labute approximate surface area is 89.1 Å². The molecule has 0 aliphatic rings. The van der Waals surface area contributed by atoms with Crippen LogP contribution in [-0.2, 0) is 5.88 Å². The summed E-state index contributed by atoms with van der Waals surface area (Å²) in [7, 11) is 0. The fourth-order valence-electron chi connectivity index (χ4n) is 1.00. The summed E-state index contributed by atoms with van der Waals surface area (Å²) < 4.78 is 25.1. The molecule has 0 radical (unpaired) electrons. The van der Waals surface area contributed by atoms with Crippen molar-refractivity contribution in [1.29, 1.82) is 5.26 Å². The van der Waals surface area contributed by atoms with E-state index in [0.717, 1.165) is 6.20 Å². The fourth-order valence-corrected chi connectivity index (χ4v) is 1.57. The highest BCUT2D eigenvalue weighted by molar-refractivity contribution is 6.32. The van der Waals surface area contributed by atoms with Crippen LogP contribution in [0.25, 0.3) is 0 Å². The molecule has 1 heterocycles. The molecule has 0 atom stereocenters. The number of nitrogens with zero attached hydrogens (tertiary/aromatic N) is 2. The van der Waals surface area contributed by atoms with E-state index in [-0.39, 0.29) is 22.2 Å². The minimum absolute atomic E-state index is 0.0503. The third-order valence-electron chi connectivity index (χ3n) is 1.63. The van der Waals surface area contributed by atoms with Crippen LogP contribution < -0.4 is 0 Å². The van der Waals surface area contributed by atoms with E-state index in [4.69, 9.17) is 28.5 Å². The summed E-state index contributed by atoms with van der Waals surface area (Å²) in [4.78, 5) is 3.49. The van der Waals surface area contributed by atoms with Crippen LogP contribution in [0.4, 0.5) is 8.78 Å². The quantitative estimate of drug-likeness (QED) is 0.740. The first-order chi connectivity index (χ1) is 6.61. The van der Waals surface area contributed by atoms with E-state index >= 15 is 0 Å². The number of rotatable bonds is 2. The lowest BCUT2D eigenvalue weighted by atomic mass is 10.1. The molecular weight excluding hydrogens is 233 g/mol. The van der Waals surface area contributed by atoms with Gasteiger partial charge in [0.2, 0.25) is 0 Å². The molecule has 2 nitrogen and oxygen atoms in total. The van der Waals surface area contributed by atoms with Gasteiger partial charge in [-0.15, -0.1) is 11.6 Å². The second-order valence-electron chi connectivity index (χ2n) is 2.39. The van der Waals surface area contributed by atoms with E-state index in [1.807, 2.05) is 0 Å². The van der Waals surface area contributed by atoms with Gasteiger partial charge in [-0.2, -0.15) is 5.26 Å². The molecule has 0 aliphatic heterocycles. The average Bonchev–Trinajstić information content (AvgIpc) is 2.17. The molecule has 0 amide bonds. The van der Waals surface area contributed by atoms with Crippen LogP contribution in [0.2, 0.25) is 5.02 Å². The van der Waals surface area contributed by atoms with Gasteiger partial charge < -0.3 is 0 Å². The van der Waals surface area contributed by atoms with Crippen molar-refractivity contribution in [1.82, 2.24) is 4.98 Å². The van der Waals surface area contributed by atoms with Crippen molar-refractivity contribution in [3.8, 4) is 6.07 Å². The van der Waals surface area contributed by atoms with Crippen LogP contribution in [0, 0.1) is 11.3 Å². The van der Waals surface area contributed by atoms with E-state index in [1.54, 1.807) is 6.07 Å². The van der Waals surface area contributed by atoms with Crippen molar-refractivity contribution in [2.24, 2.45) is 0 Å². The topological polar surface area (TPSA) is 36.7 Å². The highest BCUT2D eigenvalue weighted by Gasteiger charge is 2.20. The number of pyridine rings is 1. The summed E-state index contributed by atoms with van der Waals surface area (Å²) in [5.41, 5.74) is -0.745. The normalized spacial score (nSPS) is 10.3. The van der Waals surface area contributed by atoms with Crippen LogP contribution in [0.5, 0.6) is 0 Å². The monoisotopic (exact) mass is 236 g/mol. The maximum absolute atomic E-state index is 12.5. The van der Waals surface area contributed by atoms with Crippen LogP contribution in [0.1, 0.15) is 23.2 Å². The molecule has 0 unspecified atom stereocenters. The largest absolute Gasteiger partial charge is 0.267 e. The summed E-state index contributed by atoms with van der Waals surface area (Å²) in [5, 5.41) is 8.60. The van der Waals surface area contributed by atoms with Gasteiger partial charge in [0.1, 0.15) is 11.8 Å². The molecule has 0 fully saturated rings. The molecule has 6 heteroatoms. The second-order valence-corrected chi connectivity index (χ2v) is 3.07. The fraction of sp³-hybridized carbons (Fsp3) is 0.250. The van der Waals surface area contributed by atoms with Gasteiger partial charge in [-0.05, 0) is 5.56 Å². The van der Waals surface area contributed by atoms with Crippen molar-refractivity contribution < 1.29 is 8.78 Å². The maximum Gasteiger partial charge on any atom is 0.267 e. The average molecular weight is 237 g/mol. The Balaban J connectivity index is 3.46. The summed E-state index contributed by atoms with van der Waals surface area (Å²) in [6, 6.07) is 1.57. The Morgan fingerprint density at radius 2 is 2.21 bits per heavy atom. The molecule has 0 aromatic carbocycles. The molecule has 0 N–H and O–H groups in total. The van der Waals surface area contributed by atoms with E-state index < -0.39 is 12.0 Å². The van der Waals surface area contributed by atoms with Gasteiger partial charge in [0.05, 0.1) is 10.6 Å². The number of alkyl halides is 3. The third kappa shape index (κ3) is 1.94. The highest BCUT2D eigenvalue weighted by atomic mass is 35.5. The van der Waals surface area contributed by atoms with Crippen molar-refractivity contribution in [2.75, 3.05) is 0 Å². The highest BCUT2D eigenvalue weighted by Crippen LogP contribution is 2.30. The molecule has 0 bridgehead atoms. The molecule has 1 rings (SSSR count). The van der Waals surface area contributed by atoms with E-state index in [9.17, 15) is 8.78 Å². The van der Waals surface area contributed by atoms with Gasteiger partial charge in [0.15, 0.2) is 0 Å². The molecule has 0 saturated carbocycles. The second kappa shape index (κ2) is 4.54. The van der Waals surface area contributed by atoms with Gasteiger partial charge in [0, 0.05) is 12.1 Å². The Kier molecular flexibility index (Phi) is 3.62. The number of hydrogen-bond acceptors (Lipinski definition) is 2. The van der Waals surface area contributed by atoms with Gasteiger partial charge in [0.25, 0.3) is 6.43 Å². The lowest BCUT2D eigenvalue weighted by Gasteiger charge is -2.08. The number of nitriles is 1. The van der Waals surface area contributed by atoms with Gasteiger partial charge >= 0.3 is 0 Å². The molecule has 0 aliphatic carbocycles. The molecule has 1 aromatic heterocycles. The van der Waals surface area contributed by atoms with Crippen molar-refractivity contribution in [3.63, 3.8) is 0 Å². The Morgan fingerprint density at radius 1 is 1.57 bits per heavy atom. The van der Waals surface area contributed by atoms with Crippen LogP contribution >= 0.6 is 23.2 Å². The maximum atomic E-state index is 12.5. The van der Waals surface area contributed by atoms with E-state index in [0.29, 0.717) is 0 Å². The smallest absolute Gasteiger partial charge is 0.243 e. The third-order valence-corrected chi connectivity index (χ3v) is 2.23. The molecular formula is C8H4Cl2F2N2. The number of aromatic nitrogens is 1. The minimum atomic E-state index is -2.80. The summed E-state index contributed by atoms with van der Waals surface area (Å²) >= 11 is 11.1. The molecule has 74 valence electrons.